The first-order chi connectivity index (χ1) is 9.79. The second kappa shape index (κ2) is 8.22. The maximum absolute atomic E-state index is 6.16. The molecule has 0 aliphatic heterocycles. The van der Waals surface area contributed by atoms with E-state index >= 15 is 0 Å². The molecule has 1 heterocycles. The maximum Gasteiger partial charge on any atom is 0.142 e. The molecule has 20 heavy (non-hydrogen) atoms. The lowest BCUT2D eigenvalue weighted by Gasteiger charge is -2.24. The molecule has 0 unspecified atom stereocenters. The Labute approximate surface area is 121 Å². The highest BCUT2D eigenvalue weighted by atomic mass is 16.5. The van der Waals surface area contributed by atoms with Crippen LogP contribution in [0.25, 0.3) is 0 Å². The van der Waals surface area contributed by atoms with E-state index in [9.17, 15) is 0 Å². The van der Waals surface area contributed by atoms with E-state index < -0.39 is 0 Å². The molecule has 112 valence electrons. The highest BCUT2D eigenvalue weighted by Crippen LogP contribution is 2.25. The van der Waals surface area contributed by atoms with Crippen LogP contribution in [-0.2, 0) is 11.3 Å². The monoisotopic (exact) mass is 278 g/mol. The molecular formula is C16H26N2O2. The van der Waals surface area contributed by atoms with E-state index in [0.717, 1.165) is 30.2 Å². The van der Waals surface area contributed by atoms with Gasteiger partial charge in [-0.25, -0.2) is 0 Å². The number of ether oxygens (including phenoxy) is 2. The number of hydrogen-bond acceptors (Lipinski definition) is 4. The number of nitrogens with zero attached hydrogens (tertiary/aromatic N) is 1. The van der Waals surface area contributed by atoms with Gasteiger partial charge in [-0.2, -0.15) is 0 Å². The molecule has 0 aromatic carbocycles. The maximum atomic E-state index is 6.16. The molecule has 4 heteroatoms. The van der Waals surface area contributed by atoms with Gasteiger partial charge in [0.2, 0.25) is 0 Å². The summed E-state index contributed by atoms with van der Waals surface area (Å²) in [5, 5.41) is 3.34. The van der Waals surface area contributed by atoms with Crippen LogP contribution >= 0.6 is 0 Å². The van der Waals surface area contributed by atoms with Gasteiger partial charge < -0.3 is 14.8 Å². The molecule has 1 fully saturated rings. The molecule has 1 saturated carbocycles. The summed E-state index contributed by atoms with van der Waals surface area (Å²) in [5.41, 5.74) is 2.04. The molecule has 1 aromatic heterocycles. The fourth-order valence-corrected chi connectivity index (χ4v) is 2.58. The standard InChI is InChI=1S/C16H26N2O2/c1-13-8-9-16(20-14-6-4-3-5-7-14)15(18-13)12-17-10-11-19-2/h8-9,14,17H,3-7,10-12H2,1-2H3. The Bertz CT molecular complexity index is 403. The summed E-state index contributed by atoms with van der Waals surface area (Å²) in [7, 11) is 1.71. The number of aromatic nitrogens is 1. The van der Waals surface area contributed by atoms with Gasteiger partial charge in [-0.3, -0.25) is 4.98 Å². The minimum atomic E-state index is 0.367. The van der Waals surface area contributed by atoms with E-state index in [-0.39, 0.29) is 0 Å². The molecule has 1 aromatic rings. The minimum Gasteiger partial charge on any atom is -0.488 e. The number of nitrogens with one attached hydrogen (secondary N) is 1. The summed E-state index contributed by atoms with van der Waals surface area (Å²) in [6.45, 7) is 4.29. The van der Waals surface area contributed by atoms with Crippen LogP contribution in [0.2, 0.25) is 0 Å². The molecule has 0 bridgehead atoms. The van der Waals surface area contributed by atoms with Gasteiger partial charge in [-0.05, 0) is 44.7 Å². The Morgan fingerprint density at radius 2 is 2.05 bits per heavy atom. The molecule has 1 N–H and O–H groups in total. The highest BCUT2D eigenvalue weighted by molar-refractivity contribution is 5.29. The van der Waals surface area contributed by atoms with E-state index in [1.807, 2.05) is 13.0 Å². The van der Waals surface area contributed by atoms with E-state index in [1.54, 1.807) is 7.11 Å². The van der Waals surface area contributed by atoms with E-state index in [1.165, 1.54) is 32.1 Å². The van der Waals surface area contributed by atoms with Crippen LogP contribution in [-0.4, -0.2) is 31.3 Å². The molecule has 0 atom stereocenters. The summed E-state index contributed by atoms with van der Waals surface area (Å²) in [5.74, 6) is 0.937. The lowest BCUT2D eigenvalue weighted by Crippen LogP contribution is -2.23. The molecule has 1 aliphatic rings. The Balaban J connectivity index is 1.95. The topological polar surface area (TPSA) is 43.4 Å². The van der Waals surface area contributed by atoms with Crippen molar-refractivity contribution in [1.82, 2.24) is 10.3 Å². The summed E-state index contributed by atoms with van der Waals surface area (Å²) >= 11 is 0. The summed E-state index contributed by atoms with van der Waals surface area (Å²) in [4.78, 5) is 4.61. The molecule has 4 nitrogen and oxygen atoms in total. The van der Waals surface area contributed by atoms with Crippen molar-refractivity contribution in [2.45, 2.75) is 51.7 Å². The van der Waals surface area contributed by atoms with Crippen LogP contribution in [0.15, 0.2) is 12.1 Å². The van der Waals surface area contributed by atoms with Crippen LogP contribution in [0.1, 0.15) is 43.5 Å². The first kappa shape index (κ1) is 15.3. The molecule has 1 aliphatic carbocycles. The Morgan fingerprint density at radius 3 is 2.80 bits per heavy atom. The zero-order valence-corrected chi connectivity index (χ0v) is 12.7. The minimum absolute atomic E-state index is 0.367. The average molecular weight is 278 g/mol. The number of methoxy groups -OCH3 is 1. The van der Waals surface area contributed by atoms with Crippen molar-refractivity contribution >= 4 is 0 Å². The first-order valence-corrected chi connectivity index (χ1v) is 7.62. The van der Waals surface area contributed by atoms with Gasteiger partial charge in [0, 0.05) is 25.9 Å². The van der Waals surface area contributed by atoms with Crippen molar-refractivity contribution < 1.29 is 9.47 Å². The van der Waals surface area contributed by atoms with Gasteiger partial charge in [-0.1, -0.05) is 6.42 Å². The van der Waals surface area contributed by atoms with E-state index in [0.29, 0.717) is 12.7 Å². The predicted molar refractivity (Wildman–Crippen MR) is 80.1 cm³/mol. The smallest absolute Gasteiger partial charge is 0.142 e. The van der Waals surface area contributed by atoms with Crippen molar-refractivity contribution in [3.63, 3.8) is 0 Å². The van der Waals surface area contributed by atoms with Gasteiger partial charge in [0.05, 0.1) is 18.4 Å². The van der Waals surface area contributed by atoms with Gasteiger partial charge in [0.1, 0.15) is 5.75 Å². The van der Waals surface area contributed by atoms with Crippen LogP contribution in [0, 0.1) is 6.92 Å². The van der Waals surface area contributed by atoms with Crippen LogP contribution in [0.3, 0.4) is 0 Å². The fourth-order valence-electron chi connectivity index (χ4n) is 2.58. The number of hydrogen-bond donors (Lipinski definition) is 1. The van der Waals surface area contributed by atoms with Crippen molar-refractivity contribution in [2.75, 3.05) is 20.3 Å². The molecule has 2 rings (SSSR count). The first-order valence-electron chi connectivity index (χ1n) is 7.62. The van der Waals surface area contributed by atoms with Crippen molar-refractivity contribution in [3.05, 3.63) is 23.5 Å². The van der Waals surface area contributed by atoms with Crippen molar-refractivity contribution in [1.29, 1.82) is 0 Å². The van der Waals surface area contributed by atoms with Crippen molar-refractivity contribution in [3.8, 4) is 5.75 Å². The van der Waals surface area contributed by atoms with E-state index in [2.05, 4.69) is 16.4 Å². The second-order valence-electron chi connectivity index (χ2n) is 5.44. The fraction of sp³-hybridized carbons (Fsp3) is 0.688. The Morgan fingerprint density at radius 1 is 1.25 bits per heavy atom. The number of pyridine rings is 1. The third-order valence-electron chi connectivity index (χ3n) is 3.69. The average Bonchev–Trinajstić information content (AvgIpc) is 2.47. The largest absolute Gasteiger partial charge is 0.488 e. The Kier molecular flexibility index (Phi) is 6.27. The third-order valence-corrected chi connectivity index (χ3v) is 3.69. The Hall–Kier alpha value is -1.13. The lowest BCUT2D eigenvalue weighted by atomic mass is 9.98. The number of aryl methyl sites for hydroxylation is 1. The molecule has 0 saturated heterocycles. The van der Waals surface area contributed by atoms with Gasteiger partial charge in [0.15, 0.2) is 0 Å². The highest BCUT2D eigenvalue weighted by Gasteiger charge is 2.16. The molecule has 0 radical (unpaired) electrons. The van der Waals surface area contributed by atoms with Crippen LogP contribution in [0.5, 0.6) is 5.75 Å². The molecular weight excluding hydrogens is 252 g/mol. The van der Waals surface area contributed by atoms with Gasteiger partial charge in [-0.15, -0.1) is 0 Å². The zero-order chi connectivity index (χ0) is 14.2. The molecule has 0 amide bonds. The normalized spacial score (nSPS) is 16.3. The summed E-state index contributed by atoms with van der Waals surface area (Å²) in [6, 6.07) is 4.08. The molecule has 0 spiro atoms. The van der Waals surface area contributed by atoms with Gasteiger partial charge >= 0.3 is 0 Å². The summed E-state index contributed by atoms with van der Waals surface area (Å²) < 4.78 is 11.2. The third kappa shape index (κ3) is 4.76. The van der Waals surface area contributed by atoms with E-state index in [4.69, 9.17) is 9.47 Å². The SMILES string of the molecule is COCCNCc1nc(C)ccc1OC1CCCCC1. The summed E-state index contributed by atoms with van der Waals surface area (Å²) in [6.07, 6.45) is 6.62. The van der Waals surface area contributed by atoms with Crippen LogP contribution in [0.4, 0.5) is 0 Å². The second-order valence-corrected chi connectivity index (χ2v) is 5.44. The zero-order valence-electron chi connectivity index (χ0n) is 12.7. The lowest BCUT2D eigenvalue weighted by molar-refractivity contribution is 0.152. The van der Waals surface area contributed by atoms with Crippen LogP contribution < -0.4 is 10.1 Å². The van der Waals surface area contributed by atoms with Gasteiger partial charge in [0.25, 0.3) is 0 Å². The quantitative estimate of drug-likeness (QED) is 0.779. The van der Waals surface area contributed by atoms with Crippen molar-refractivity contribution in [2.24, 2.45) is 0 Å². The number of rotatable bonds is 7. The predicted octanol–water partition coefficient (Wildman–Crippen LogP) is 2.84.